The molecule has 2 rings (SSSR count). The van der Waals surface area contributed by atoms with E-state index in [1.807, 2.05) is 0 Å². The number of hydrogen-bond donors (Lipinski definition) is 1. The Hall–Kier alpha value is -1.40. The van der Waals surface area contributed by atoms with Crippen molar-refractivity contribution >= 4 is 15.9 Å². The van der Waals surface area contributed by atoms with E-state index in [2.05, 4.69) is 13.8 Å². The zero-order chi connectivity index (χ0) is 15.1. The molecular weight excluding hydrogens is 276 g/mol. The Bertz CT molecular complexity index is 630. The molecule has 1 amide bonds. The van der Waals surface area contributed by atoms with E-state index in [1.54, 1.807) is 24.0 Å². The number of nitrogens with zero attached hydrogens (tertiary/aromatic N) is 1. The summed E-state index contributed by atoms with van der Waals surface area (Å²) in [7, 11) is -3.81. The summed E-state index contributed by atoms with van der Waals surface area (Å²) < 4.78 is 23.0. The first-order chi connectivity index (χ1) is 9.20. The van der Waals surface area contributed by atoms with E-state index < -0.39 is 10.0 Å². The van der Waals surface area contributed by atoms with Gasteiger partial charge in [0.05, 0.1) is 4.90 Å². The molecule has 1 heterocycles. The minimum atomic E-state index is -3.81. The number of amides is 1. The Morgan fingerprint density at radius 3 is 2.30 bits per heavy atom. The summed E-state index contributed by atoms with van der Waals surface area (Å²) in [6.45, 7) is 7.30. The predicted molar refractivity (Wildman–Crippen MR) is 76.8 cm³/mol. The highest BCUT2D eigenvalue weighted by molar-refractivity contribution is 7.89. The van der Waals surface area contributed by atoms with Crippen molar-refractivity contribution in [1.82, 2.24) is 4.90 Å². The van der Waals surface area contributed by atoms with Crippen LogP contribution in [-0.2, 0) is 10.0 Å². The highest BCUT2D eigenvalue weighted by Gasteiger charge is 2.30. The van der Waals surface area contributed by atoms with Crippen LogP contribution in [0, 0.1) is 18.8 Å². The SMILES string of the molecule is Cc1ccc(C(=O)N2CC(C)C(C)C2)cc1S(N)(=O)=O. The Balaban J connectivity index is 2.33. The number of carbonyl (C=O) groups is 1. The molecule has 20 heavy (non-hydrogen) atoms. The third kappa shape index (κ3) is 2.86. The van der Waals surface area contributed by atoms with Crippen LogP contribution in [0.1, 0.15) is 29.8 Å². The van der Waals surface area contributed by atoms with Gasteiger partial charge in [0.1, 0.15) is 0 Å². The van der Waals surface area contributed by atoms with Crippen molar-refractivity contribution in [3.63, 3.8) is 0 Å². The molecule has 6 heteroatoms. The highest BCUT2D eigenvalue weighted by atomic mass is 32.2. The second-order valence-corrected chi connectivity index (χ2v) is 7.22. The number of aryl methyl sites for hydroxylation is 1. The number of sulfonamides is 1. The number of likely N-dealkylation sites (tertiary alicyclic amines) is 1. The van der Waals surface area contributed by atoms with Crippen molar-refractivity contribution in [3.8, 4) is 0 Å². The molecule has 2 atom stereocenters. The molecule has 0 bridgehead atoms. The first-order valence-electron chi connectivity index (χ1n) is 6.63. The Labute approximate surface area is 119 Å². The lowest BCUT2D eigenvalue weighted by molar-refractivity contribution is 0.0784. The van der Waals surface area contributed by atoms with Crippen LogP contribution in [0.25, 0.3) is 0 Å². The third-order valence-electron chi connectivity index (χ3n) is 4.02. The van der Waals surface area contributed by atoms with Crippen molar-refractivity contribution in [2.24, 2.45) is 17.0 Å². The summed E-state index contributed by atoms with van der Waals surface area (Å²) in [4.78, 5) is 14.2. The monoisotopic (exact) mass is 296 g/mol. The van der Waals surface area contributed by atoms with Gasteiger partial charge in [-0.2, -0.15) is 0 Å². The number of primary sulfonamides is 1. The van der Waals surface area contributed by atoms with E-state index in [4.69, 9.17) is 5.14 Å². The van der Waals surface area contributed by atoms with Crippen LogP contribution in [0.4, 0.5) is 0 Å². The van der Waals surface area contributed by atoms with Crippen LogP contribution in [-0.4, -0.2) is 32.3 Å². The number of rotatable bonds is 2. The fourth-order valence-electron chi connectivity index (χ4n) is 2.52. The highest BCUT2D eigenvalue weighted by Crippen LogP contribution is 2.24. The van der Waals surface area contributed by atoms with Crippen molar-refractivity contribution in [2.75, 3.05) is 13.1 Å². The Morgan fingerprint density at radius 1 is 1.25 bits per heavy atom. The smallest absolute Gasteiger partial charge is 0.253 e. The third-order valence-corrected chi connectivity index (χ3v) is 5.07. The van der Waals surface area contributed by atoms with Crippen molar-refractivity contribution < 1.29 is 13.2 Å². The fraction of sp³-hybridized carbons (Fsp3) is 0.500. The predicted octanol–water partition coefficient (Wildman–Crippen LogP) is 1.37. The second kappa shape index (κ2) is 5.18. The zero-order valence-corrected chi connectivity index (χ0v) is 12.8. The van der Waals surface area contributed by atoms with E-state index in [0.717, 1.165) is 0 Å². The van der Waals surface area contributed by atoms with E-state index in [1.165, 1.54) is 6.07 Å². The van der Waals surface area contributed by atoms with Crippen LogP contribution >= 0.6 is 0 Å². The van der Waals surface area contributed by atoms with Crippen LogP contribution in [0.3, 0.4) is 0 Å². The fourth-order valence-corrected chi connectivity index (χ4v) is 3.33. The van der Waals surface area contributed by atoms with Gasteiger partial charge in [0.15, 0.2) is 0 Å². The van der Waals surface area contributed by atoms with E-state index >= 15 is 0 Å². The molecule has 1 aliphatic rings. The lowest BCUT2D eigenvalue weighted by Gasteiger charge is -2.17. The maximum Gasteiger partial charge on any atom is 0.253 e. The van der Waals surface area contributed by atoms with E-state index in [9.17, 15) is 13.2 Å². The summed E-state index contributed by atoms with van der Waals surface area (Å²) in [6, 6.07) is 4.65. The second-order valence-electron chi connectivity index (χ2n) is 5.69. The quantitative estimate of drug-likeness (QED) is 0.895. The van der Waals surface area contributed by atoms with Crippen LogP contribution in [0.15, 0.2) is 23.1 Å². The first-order valence-corrected chi connectivity index (χ1v) is 8.17. The molecule has 1 fully saturated rings. The molecule has 1 aromatic carbocycles. The standard InChI is InChI=1S/C14H20N2O3S/c1-9-4-5-12(6-13(9)20(15,18)19)14(17)16-7-10(2)11(3)8-16/h4-6,10-11H,7-8H2,1-3H3,(H2,15,18,19). The minimum absolute atomic E-state index is 0.0173. The summed E-state index contributed by atoms with van der Waals surface area (Å²) in [5.41, 5.74) is 0.924. The topological polar surface area (TPSA) is 80.5 Å². The first kappa shape index (κ1) is 15.0. The molecule has 0 aromatic heterocycles. The van der Waals surface area contributed by atoms with E-state index in [0.29, 0.717) is 36.1 Å². The van der Waals surface area contributed by atoms with Gasteiger partial charge in [-0.1, -0.05) is 19.9 Å². The molecule has 1 aliphatic heterocycles. The molecule has 0 spiro atoms. The molecule has 110 valence electrons. The van der Waals surface area contributed by atoms with Gasteiger partial charge in [0.2, 0.25) is 10.0 Å². The van der Waals surface area contributed by atoms with E-state index in [-0.39, 0.29) is 10.8 Å². The van der Waals surface area contributed by atoms with Gasteiger partial charge in [-0.05, 0) is 36.5 Å². The normalized spacial score (nSPS) is 23.1. The zero-order valence-electron chi connectivity index (χ0n) is 12.0. The molecule has 0 aliphatic carbocycles. The summed E-state index contributed by atoms with van der Waals surface area (Å²) in [6.07, 6.45) is 0. The van der Waals surface area contributed by atoms with Crippen molar-refractivity contribution in [1.29, 1.82) is 0 Å². The van der Waals surface area contributed by atoms with Gasteiger partial charge < -0.3 is 4.90 Å². The minimum Gasteiger partial charge on any atom is -0.338 e. The van der Waals surface area contributed by atoms with Gasteiger partial charge in [-0.25, -0.2) is 13.6 Å². The number of nitrogens with two attached hydrogens (primary N) is 1. The number of carbonyl (C=O) groups excluding carboxylic acids is 1. The molecule has 1 aromatic rings. The average Bonchev–Trinajstić information content (AvgIpc) is 2.68. The van der Waals surface area contributed by atoms with Crippen molar-refractivity contribution in [3.05, 3.63) is 29.3 Å². The lowest BCUT2D eigenvalue weighted by Crippen LogP contribution is -2.29. The molecule has 1 saturated heterocycles. The average molecular weight is 296 g/mol. The Kier molecular flexibility index (Phi) is 3.88. The number of benzene rings is 1. The number of hydrogen-bond acceptors (Lipinski definition) is 3. The van der Waals surface area contributed by atoms with Gasteiger partial charge in [-0.3, -0.25) is 4.79 Å². The molecule has 2 N–H and O–H groups in total. The molecule has 2 unspecified atom stereocenters. The van der Waals surface area contributed by atoms with Gasteiger partial charge in [0, 0.05) is 18.7 Å². The van der Waals surface area contributed by atoms with Crippen molar-refractivity contribution in [2.45, 2.75) is 25.7 Å². The molecule has 0 radical (unpaired) electrons. The maximum absolute atomic E-state index is 12.4. The summed E-state index contributed by atoms with van der Waals surface area (Å²) in [5.74, 6) is 0.787. The molecular formula is C14H20N2O3S. The molecule has 5 nitrogen and oxygen atoms in total. The molecule has 0 saturated carbocycles. The van der Waals surface area contributed by atoms with Crippen LogP contribution < -0.4 is 5.14 Å². The van der Waals surface area contributed by atoms with Crippen LogP contribution in [0.2, 0.25) is 0 Å². The lowest BCUT2D eigenvalue weighted by atomic mass is 10.0. The van der Waals surface area contributed by atoms with Gasteiger partial charge in [-0.15, -0.1) is 0 Å². The summed E-state index contributed by atoms with van der Waals surface area (Å²) >= 11 is 0. The maximum atomic E-state index is 12.4. The Morgan fingerprint density at radius 2 is 1.80 bits per heavy atom. The van der Waals surface area contributed by atoms with Gasteiger partial charge >= 0.3 is 0 Å². The van der Waals surface area contributed by atoms with Crippen LogP contribution in [0.5, 0.6) is 0 Å². The van der Waals surface area contributed by atoms with Gasteiger partial charge in [0.25, 0.3) is 5.91 Å². The summed E-state index contributed by atoms with van der Waals surface area (Å²) in [5, 5.41) is 5.17. The largest absolute Gasteiger partial charge is 0.338 e.